The standard InChI is InChI=1S/C22H26N4OS/c1-14(2)13-16-5-7-18(8-6-16)24-21(27)26-22-25-19(15(3)4)20(28-22)17-9-11-23-12-10-17/h5-12,14-15H,13H2,1-4H3,(H2,24,25,26,27). The quantitative estimate of drug-likeness (QED) is 0.525. The number of benzene rings is 1. The highest BCUT2D eigenvalue weighted by Gasteiger charge is 2.17. The zero-order valence-electron chi connectivity index (χ0n) is 16.7. The fourth-order valence-electron chi connectivity index (χ4n) is 2.94. The molecule has 28 heavy (non-hydrogen) atoms. The fourth-order valence-corrected chi connectivity index (χ4v) is 4.06. The predicted molar refractivity (Wildman–Crippen MR) is 117 cm³/mol. The molecule has 3 aromatic rings. The van der Waals surface area contributed by atoms with E-state index in [0.717, 1.165) is 28.2 Å². The summed E-state index contributed by atoms with van der Waals surface area (Å²) < 4.78 is 0. The summed E-state index contributed by atoms with van der Waals surface area (Å²) in [6.45, 7) is 8.59. The highest BCUT2D eigenvalue weighted by Crippen LogP contribution is 2.36. The first-order valence-electron chi connectivity index (χ1n) is 9.50. The van der Waals surface area contributed by atoms with E-state index in [0.29, 0.717) is 11.0 Å². The number of anilines is 2. The highest BCUT2D eigenvalue weighted by molar-refractivity contribution is 7.19. The van der Waals surface area contributed by atoms with Crippen LogP contribution in [-0.4, -0.2) is 16.0 Å². The van der Waals surface area contributed by atoms with Gasteiger partial charge in [0.1, 0.15) is 0 Å². The van der Waals surface area contributed by atoms with Crippen LogP contribution in [-0.2, 0) is 6.42 Å². The summed E-state index contributed by atoms with van der Waals surface area (Å²) in [4.78, 5) is 22.2. The van der Waals surface area contributed by atoms with Gasteiger partial charge < -0.3 is 5.32 Å². The van der Waals surface area contributed by atoms with Gasteiger partial charge in [-0.05, 0) is 53.6 Å². The minimum Gasteiger partial charge on any atom is -0.308 e. The Labute approximate surface area is 170 Å². The number of hydrogen-bond acceptors (Lipinski definition) is 4. The van der Waals surface area contributed by atoms with Gasteiger partial charge in [-0.15, -0.1) is 0 Å². The summed E-state index contributed by atoms with van der Waals surface area (Å²) >= 11 is 1.48. The molecule has 6 heteroatoms. The minimum atomic E-state index is -0.290. The van der Waals surface area contributed by atoms with Crippen LogP contribution in [0.1, 0.15) is 44.9 Å². The van der Waals surface area contributed by atoms with Crippen molar-refractivity contribution in [3.8, 4) is 10.4 Å². The van der Waals surface area contributed by atoms with Crippen molar-refractivity contribution in [2.45, 2.75) is 40.0 Å². The van der Waals surface area contributed by atoms with Gasteiger partial charge in [-0.3, -0.25) is 10.3 Å². The van der Waals surface area contributed by atoms with E-state index in [1.54, 1.807) is 12.4 Å². The molecule has 1 aromatic carbocycles. The summed E-state index contributed by atoms with van der Waals surface area (Å²) in [5, 5.41) is 6.33. The van der Waals surface area contributed by atoms with Gasteiger partial charge in [0, 0.05) is 18.1 Å². The van der Waals surface area contributed by atoms with E-state index in [9.17, 15) is 4.79 Å². The number of nitrogens with one attached hydrogen (secondary N) is 2. The predicted octanol–water partition coefficient (Wildman–Crippen LogP) is 6.17. The number of carbonyl (C=O) groups excluding carboxylic acids is 1. The summed E-state index contributed by atoms with van der Waals surface area (Å²) in [5.41, 5.74) is 4.07. The van der Waals surface area contributed by atoms with E-state index in [2.05, 4.69) is 60.4 Å². The Morgan fingerprint density at radius 2 is 1.68 bits per heavy atom. The minimum absolute atomic E-state index is 0.256. The van der Waals surface area contributed by atoms with Gasteiger partial charge in [-0.1, -0.05) is 51.2 Å². The average molecular weight is 395 g/mol. The first kappa shape index (κ1) is 20.0. The van der Waals surface area contributed by atoms with Gasteiger partial charge in [0.15, 0.2) is 5.13 Å². The van der Waals surface area contributed by atoms with Crippen LogP contribution >= 0.6 is 11.3 Å². The Hall–Kier alpha value is -2.73. The van der Waals surface area contributed by atoms with Crippen LogP contribution in [0.4, 0.5) is 15.6 Å². The second-order valence-electron chi connectivity index (χ2n) is 7.50. The van der Waals surface area contributed by atoms with Crippen LogP contribution in [0.3, 0.4) is 0 Å². The number of nitrogens with zero attached hydrogens (tertiary/aromatic N) is 2. The maximum absolute atomic E-state index is 12.4. The fraction of sp³-hybridized carbons (Fsp3) is 0.318. The molecule has 5 nitrogen and oxygen atoms in total. The van der Waals surface area contributed by atoms with Crippen molar-refractivity contribution in [2.75, 3.05) is 10.6 Å². The van der Waals surface area contributed by atoms with Crippen LogP contribution < -0.4 is 10.6 Å². The number of urea groups is 1. The van der Waals surface area contributed by atoms with Crippen LogP contribution in [0, 0.1) is 5.92 Å². The summed E-state index contributed by atoms with van der Waals surface area (Å²) in [5.74, 6) is 0.864. The smallest absolute Gasteiger partial charge is 0.308 e. The van der Waals surface area contributed by atoms with Crippen molar-refractivity contribution >= 4 is 28.2 Å². The first-order valence-corrected chi connectivity index (χ1v) is 10.3. The Balaban J connectivity index is 1.70. The maximum atomic E-state index is 12.4. The molecule has 0 radical (unpaired) electrons. The molecule has 0 spiro atoms. The molecular weight excluding hydrogens is 368 g/mol. The summed E-state index contributed by atoms with van der Waals surface area (Å²) in [7, 11) is 0. The van der Waals surface area contributed by atoms with Crippen molar-refractivity contribution < 1.29 is 4.79 Å². The van der Waals surface area contributed by atoms with E-state index in [1.807, 2.05) is 24.3 Å². The van der Waals surface area contributed by atoms with Crippen molar-refractivity contribution in [3.63, 3.8) is 0 Å². The molecule has 2 aromatic heterocycles. The monoisotopic (exact) mass is 394 g/mol. The number of aromatic nitrogens is 2. The molecule has 2 heterocycles. The second kappa shape index (κ2) is 8.97. The summed E-state index contributed by atoms with van der Waals surface area (Å²) in [6.07, 6.45) is 4.56. The summed E-state index contributed by atoms with van der Waals surface area (Å²) in [6, 6.07) is 11.6. The number of thiazole rings is 1. The zero-order chi connectivity index (χ0) is 20.1. The zero-order valence-corrected chi connectivity index (χ0v) is 17.5. The largest absolute Gasteiger partial charge is 0.325 e. The molecular formula is C22H26N4OS. The molecule has 0 saturated carbocycles. The molecule has 0 aliphatic carbocycles. The third-order valence-electron chi connectivity index (χ3n) is 4.22. The van der Waals surface area contributed by atoms with E-state index in [-0.39, 0.29) is 11.9 Å². The van der Waals surface area contributed by atoms with E-state index in [1.165, 1.54) is 16.9 Å². The van der Waals surface area contributed by atoms with E-state index < -0.39 is 0 Å². The lowest BCUT2D eigenvalue weighted by Gasteiger charge is -2.08. The number of carbonyl (C=O) groups is 1. The third-order valence-corrected chi connectivity index (χ3v) is 5.25. The molecule has 0 aliphatic heterocycles. The van der Waals surface area contributed by atoms with Crippen LogP contribution in [0.15, 0.2) is 48.8 Å². The van der Waals surface area contributed by atoms with E-state index >= 15 is 0 Å². The molecule has 3 rings (SSSR count). The Morgan fingerprint density at radius 3 is 2.29 bits per heavy atom. The topological polar surface area (TPSA) is 66.9 Å². The Bertz CT molecular complexity index is 917. The molecule has 0 atom stereocenters. The molecule has 0 fully saturated rings. The lowest BCUT2D eigenvalue weighted by atomic mass is 10.0. The molecule has 2 amide bonds. The van der Waals surface area contributed by atoms with Gasteiger partial charge in [0.25, 0.3) is 0 Å². The van der Waals surface area contributed by atoms with Crippen molar-refractivity contribution in [1.82, 2.24) is 9.97 Å². The van der Waals surface area contributed by atoms with Crippen LogP contribution in [0.25, 0.3) is 10.4 Å². The molecule has 0 aliphatic rings. The molecule has 146 valence electrons. The van der Waals surface area contributed by atoms with Crippen molar-refractivity contribution in [2.24, 2.45) is 5.92 Å². The lowest BCUT2D eigenvalue weighted by molar-refractivity contribution is 0.262. The molecule has 0 unspecified atom stereocenters. The SMILES string of the molecule is CC(C)Cc1ccc(NC(=O)Nc2nc(C(C)C)c(-c3ccncc3)s2)cc1. The lowest BCUT2D eigenvalue weighted by Crippen LogP contribution is -2.19. The molecule has 0 bridgehead atoms. The van der Waals surface area contributed by atoms with E-state index in [4.69, 9.17) is 0 Å². The Kier molecular flexibility index (Phi) is 6.41. The Morgan fingerprint density at radius 1 is 1.00 bits per heavy atom. The second-order valence-corrected chi connectivity index (χ2v) is 8.50. The number of hydrogen-bond donors (Lipinski definition) is 2. The highest BCUT2D eigenvalue weighted by atomic mass is 32.1. The van der Waals surface area contributed by atoms with Crippen molar-refractivity contribution in [3.05, 3.63) is 60.0 Å². The third kappa shape index (κ3) is 5.16. The first-order chi connectivity index (χ1) is 13.4. The van der Waals surface area contributed by atoms with Gasteiger partial charge in [-0.25, -0.2) is 9.78 Å². The van der Waals surface area contributed by atoms with Crippen LogP contribution in [0.5, 0.6) is 0 Å². The average Bonchev–Trinajstić information content (AvgIpc) is 3.07. The van der Waals surface area contributed by atoms with Gasteiger partial charge >= 0.3 is 6.03 Å². The number of amides is 2. The number of pyridine rings is 1. The maximum Gasteiger partial charge on any atom is 0.325 e. The van der Waals surface area contributed by atoms with Gasteiger partial charge in [0.05, 0.1) is 10.6 Å². The normalized spacial score (nSPS) is 11.1. The van der Waals surface area contributed by atoms with Crippen molar-refractivity contribution in [1.29, 1.82) is 0 Å². The van der Waals surface area contributed by atoms with Crippen LogP contribution in [0.2, 0.25) is 0 Å². The van der Waals surface area contributed by atoms with Gasteiger partial charge in [0.2, 0.25) is 0 Å². The molecule has 0 saturated heterocycles. The van der Waals surface area contributed by atoms with Gasteiger partial charge in [-0.2, -0.15) is 0 Å². The number of rotatable bonds is 6. The molecule has 2 N–H and O–H groups in total.